The minimum Gasteiger partial charge on any atom is -0.463 e. The molecule has 0 saturated heterocycles. The highest BCUT2D eigenvalue weighted by Gasteiger charge is 2.43. The van der Waals surface area contributed by atoms with Crippen LogP contribution in [-0.4, -0.2) is 12.1 Å². The van der Waals surface area contributed by atoms with Crippen molar-refractivity contribution in [1.82, 2.24) is 5.43 Å². The highest BCUT2D eigenvalue weighted by Crippen LogP contribution is 2.47. The zero-order chi connectivity index (χ0) is 13.1. The van der Waals surface area contributed by atoms with E-state index in [0.29, 0.717) is 11.7 Å². The van der Waals surface area contributed by atoms with E-state index in [0.717, 1.165) is 6.42 Å². The number of furan rings is 1. The first-order chi connectivity index (χ1) is 9.34. The topological polar surface area (TPSA) is 54.6 Å². The summed E-state index contributed by atoms with van der Waals surface area (Å²) < 4.78 is 5.08. The number of amides is 1. The van der Waals surface area contributed by atoms with Gasteiger partial charge in [-0.3, -0.25) is 4.79 Å². The van der Waals surface area contributed by atoms with Crippen molar-refractivity contribution < 1.29 is 9.21 Å². The lowest BCUT2D eigenvalue weighted by Crippen LogP contribution is -2.20. The summed E-state index contributed by atoms with van der Waals surface area (Å²) in [6.45, 7) is 0. The van der Waals surface area contributed by atoms with Gasteiger partial charge in [0.25, 0.3) is 0 Å². The molecular weight excluding hydrogens is 240 g/mol. The third kappa shape index (κ3) is 2.73. The van der Waals surface area contributed by atoms with Gasteiger partial charge in [0.05, 0.1) is 12.5 Å². The Morgan fingerprint density at radius 3 is 2.84 bits per heavy atom. The Morgan fingerprint density at radius 2 is 2.11 bits per heavy atom. The van der Waals surface area contributed by atoms with Crippen molar-refractivity contribution in [3.05, 3.63) is 60.1 Å². The Morgan fingerprint density at radius 1 is 1.26 bits per heavy atom. The van der Waals surface area contributed by atoms with E-state index in [1.807, 2.05) is 18.2 Å². The fourth-order valence-electron chi connectivity index (χ4n) is 2.16. The SMILES string of the molecule is O=C(N/N=C\c1ccco1)[C@H]1C[C@@H]1c1ccccc1. The van der Waals surface area contributed by atoms with E-state index in [9.17, 15) is 4.79 Å². The number of hydrogen-bond acceptors (Lipinski definition) is 3. The molecule has 0 bridgehead atoms. The number of hydrogen-bond donors (Lipinski definition) is 1. The molecule has 1 aliphatic rings. The van der Waals surface area contributed by atoms with Gasteiger partial charge < -0.3 is 4.42 Å². The predicted octanol–water partition coefficient (Wildman–Crippen LogP) is 2.53. The van der Waals surface area contributed by atoms with E-state index in [4.69, 9.17) is 4.42 Å². The van der Waals surface area contributed by atoms with Gasteiger partial charge in [0.1, 0.15) is 5.76 Å². The van der Waals surface area contributed by atoms with Gasteiger partial charge in [-0.25, -0.2) is 5.43 Å². The molecule has 96 valence electrons. The minimum absolute atomic E-state index is 0.0309. The first-order valence-electron chi connectivity index (χ1n) is 6.26. The number of benzene rings is 1. The zero-order valence-electron chi connectivity index (χ0n) is 10.3. The second-order valence-electron chi connectivity index (χ2n) is 4.61. The molecule has 3 rings (SSSR count). The maximum absolute atomic E-state index is 11.9. The maximum Gasteiger partial charge on any atom is 0.243 e. The van der Waals surface area contributed by atoms with Crippen molar-refractivity contribution in [3.63, 3.8) is 0 Å². The Bertz CT molecular complexity index is 575. The smallest absolute Gasteiger partial charge is 0.243 e. The molecular formula is C15H14N2O2. The molecule has 1 saturated carbocycles. The van der Waals surface area contributed by atoms with Gasteiger partial charge in [0, 0.05) is 5.92 Å². The summed E-state index contributed by atoms with van der Waals surface area (Å²) >= 11 is 0. The fourth-order valence-corrected chi connectivity index (χ4v) is 2.16. The molecule has 1 aliphatic carbocycles. The lowest BCUT2D eigenvalue weighted by molar-refractivity contribution is -0.122. The normalized spacial score (nSPS) is 21.5. The lowest BCUT2D eigenvalue weighted by atomic mass is 10.1. The van der Waals surface area contributed by atoms with Gasteiger partial charge in [-0.1, -0.05) is 30.3 Å². The molecule has 4 heteroatoms. The van der Waals surface area contributed by atoms with Crippen molar-refractivity contribution in [1.29, 1.82) is 0 Å². The molecule has 2 atom stereocenters. The van der Waals surface area contributed by atoms with Crippen LogP contribution in [0.5, 0.6) is 0 Å². The number of rotatable bonds is 4. The van der Waals surface area contributed by atoms with Crippen molar-refractivity contribution in [2.45, 2.75) is 12.3 Å². The summed E-state index contributed by atoms with van der Waals surface area (Å²) in [5.74, 6) is 0.962. The predicted molar refractivity (Wildman–Crippen MR) is 71.7 cm³/mol. The summed E-state index contributed by atoms with van der Waals surface area (Å²) in [5, 5.41) is 3.88. The van der Waals surface area contributed by atoms with Crippen LogP contribution < -0.4 is 5.43 Å². The largest absolute Gasteiger partial charge is 0.463 e. The van der Waals surface area contributed by atoms with Gasteiger partial charge >= 0.3 is 0 Å². The van der Waals surface area contributed by atoms with Crippen molar-refractivity contribution >= 4 is 12.1 Å². The minimum atomic E-state index is -0.0309. The van der Waals surface area contributed by atoms with Crippen molar-refractivity contribution in [3.8, 4) is 0 Å². The highest BCUT2D eigenvalue weighted by molar-refractivity contribution is 5.84. The van der Waals surface area contributed by atoms with E-state index in [-0.39, 0.29) is 11.8 Å². The van der Waals surface area contributed by atoms with Crippen LogP contribution in [0, 0.1) is 5.92 Å². The molecule has 0 unspecified atom stereocenters. The van der Waals surface area contributed by atoms with Gasteiger partial charge in [-0.15, -0.1) is 0 Å². The van der Waals surface area contributed by atoms with Crippen LogP contribution in [0.4, 0.5) is 0 Å². The average molecular weight is 254 g/mol. The monoisotopic (exact) mass is 254 g/mol. The third-order valence-corrected chi connectivity index (χ3v) is 3.26. The number of nitrogens with zero attached hydrogens (tertiary/aromatic N) is 1. The van der Waals surface area contributed by atoms with E-state index in [1.165, 1.54) is 11.8 Å². The second-order valence-corrected chi connectivity index (χ2v) is 4.61. The van der Waals surface area contributed by atoms with Crippen molar-refractivity contribution in [2.75, 3.05) is 0 Å². The van der Waals surface area contributed by atoms with Gasteiger partial charge in [0.15, 0.2) is 0 Å². The number of carbonyl (C=O) groups is 1. The Balaban J connectivity index is 1.53. The molecule has 1 aromatic heterocycles. The highest BCUT2D eigenvalue weighted by atomic mass is 16.3. The molecule has 0 aliphatic heterocycles. The molecule has 1 amide bonds. The quantitative estimate of drug-likeness (QED) is 0.673. The summed E-state index contributed by atoms with van der Waals surface area (Å²) in [4.78, 5) is 11.9. The second kappa shape index (κ2) is 5.10. The number of nitrogens with one attached hydrogen (secondary N) is 1. The molecule has 1 N–H and O–H groups in total. The first kappa shape index (κ1) is 11.7. The van der Waals surface area contributed by atoms with Crippen molar-refractivity contribution in [2.24, 2.45) is 11.0 Å². The Hall–Kier alpha value is -2.36. The molecule has 0 spiro atoms. The van der Waals surface area contributed by atoms with Crippen LogP contribution >= 0.6 is 0 Å². The number of hydrazone groups is 1. The lowest BCUT2D eigenvalue weighted by Gasteiger charge is -1.99. The van der Waals surface area contributed by atoms with Crippen LogP contribution in [0.2, 0.25) is 0 Å². The third-order valence-electron chi connectivity index (χ3n) is 3.26. The number of carbonyl (C=O) groups excluding carboxylic acids is 1. The van der Waals surface area contributed by atoms with Crippen LogP contribution in [0.25, 0.3) is 0 Å². The maximum atomic E-state index is 11.9. The average Bonchev–Trinajstić information content (AvgIpc) is 3.09. The van der Waals surface area contributed by atoms with Crippen LogP contribution in [0.15, 0.2) is 58.2 Å². The Kier molecular flexibility index (Phi) is 3.14. The molecule has 1 fully saturated rings. The molecule has 0 radical (unpaired) electrons. The van der Waals surface area contributed by atoms with Gasteiger partial charge in [-0.05, 0) is 30.0 Å². The van der Waals surface area contributed by atoms with Gasteiger partial charge in [0.2, 0.25) is 5.91 Å². The molecule has 2 aromatic rings. The molecule has 4 nitrogen and oxygen atoms in total. The van der Waals surface area contributed by atoms with E-state index in [1.54, 1.807) is 18.4 Å². The summed E-state index contributed by atoms with van der Waals surface area (Å²) in [5.41, 5.74) is 3.77. The molecule has 19 heavy (non-hydrogen) atoms. The van der Waals surface area contributed by atoms with Crippen LogP contribution in [0.1, 0.15) is 23.7 Å². The van der Waals surface area contributed by atoms with E-state index >= 15 is 0 Å². The Labute approximate surface area is 111 Å². The summed E-state index contributed by atoms with van der Waals surface area (Å²) in [6.07, 6.45) is 3.96. The summed E-state index contributed by atoms with van der Waals surface area (Å²) in [6, 6.07) is 13.6. The summed E-state index contributed by atoms with van der Waals surface area (Å²) in [7, 11) is 0. The first-order valence-corrected chi connectivity index (χ1v) is 6.26. The fraction of sp³-hybridized carbons (Fsp3) is 0.200. The standard InChI is InChI=1S/C15H14N2O2/c18-15(17-16-10-12-7-4-8-19-12)14-9-13(14)11-5-2-1-3-6-11/h1-8,10,13-14H,9H2,(H,17,18)/b16-10-/t13-,14+/m1/s1. The van der Waals surface area contributed by atoms with Gasteiger partial charge in [-0.2, -0.15) is 5.10 Å². The van der Waals surface area contributed by atoms with Crippen LogP contribution in [-0.2, 0) is 4.79 Å². The van der Waals surface area contributed by atoms with E-state index < -0.39 is 0 Å². The molecule has 1 heterocycles. The van der Waals surface area contributed by atoms with E-state index in [2.05, 4.69) is 22.7 Å². The zero-order valence-corrected chi connectivity index (χ0v) is 10.3. The molecule has 1 aromatic carbocycles. The van der Waals surface area contributed by atoms with Crippen LogP contribution in [0.3, 0.4) is 0 Å².